The van der Waals surface area contributed by atoms with Crippen molar-refractivity contribution in [3.8, 4) is 0 Å². The summed E-state index contributed by atoms with van der Waals surface area (Å²) in [6.45, 7) is 8.55. The largest absolute Gasteiger partial charge is 0.465 e. The van der Waals surface area contributed by atoms with Crippen LogP contribution in [0.2, 0.25) is 0 Å². The summed E-state index contributed by atoms with van der Waals surface area (Å²) < 4.78 is 5.26. The van der Waals surface area contributed by atoms with Gasteiger partial charge in [-0.05, 0) is 72.2 Å². The summed E-state index contributed by atoms with van der Waals surface area (Å²) in [6, 6.07) is 8.96. The number of nitrogens with one attached hydrogen (secondary N) is 2. The van der Waals surface area contributed by atoms with E-state index in [1.807, 2.05) is 12.1 Å². The highest BCUT2D eigenvalue weighted by molar-refractivity contribution is 5.91. The van der Waals surface area contributed by atoms with E-state index in [0.717, 1.165) is 19.4 Å². The molecule has 1 fully saturated rings. The average molecular weight is 432 g/mol. The summed E-state index contributed by atoms with van der Waals surface area (Å²) >= 11 is 0. The highest BCUT2D eigenvalue weighted by atomic mass is 16.3. The van der Waals surface area contributed by atoms with Crippen molar-refractivity contribution in [1.82, 2.24) is 15.2 Å². The first-order valence-corrected chi connectivity index (χ1v) is 11.6. The van der Waals surface area contributed by atoms with Gasteiger partial charge in [-0.3, -0.25) is 4.79 Å². The zero-order valence-corrected chi connectivity index (χ0v) is 19.4. The van der Waals surface area contributed by atoms with Crippen molar-refractivity contribution in [3.05, 3.63) is 65.3 Å². The van der Waals surface area contributed by atoms with Crippen molar-refractivity contribution in [3.63, 3.8) is 0 Å². The number of piperidine rings is 1. The van der Waals surface area contributed by atoms with Gasteiger partial charge in [0.05, 0.1) is 6.26 Å². The van der Waals surface area contributed by atoms with Crippen LogP contribution in [0.1, 0.15) is 55.6 Å². The summed E-state index contributed by atoms with van der Waals surface area (Å²) in [5, 5.41) is 4.53. The van der Waals surface area contributed by atoms with Gasteiger partial charge in [-0.2, -0.15) is 0 Å². The molecular weight excluding hydrogens is 398 g/mol. The van der Waals surface area contributed by atoms with Gasteiger partial charge >= 0.3 is 0 Å². The number of hydrogen-bond acceptors (Lipinski definition) is 3. The Hall–Kier alpha value is -2.79. The highest BCUT2D eigenvalue weighted by Crippen LogP contribution is 2.45. The van der Waals surface area contributed by atoms with Gasteiger partial charge in [0.15, 0.2) is 0 Å². The van der Waals surface area contributed by atoms with E-state index < -0.39 is 0 Å². The number of amides is 1. The monoisotopic (exact) mass is 431 g/mol. The fourth-order valence-electron chi connectivity index (χ4n) is 5.55. The zero-order chi connectivity index (χ0) is 22.5. The topological polar surface area (TPSA) is 61.3 Å². The van der Waals surface area contributed by atoms with E-state index in [0.29, 0.717) is 30.2 Å². The van der Waals surface area contributed by atoms with Crippen LogP contribution >= 0.6 is 0 Å². The Morgan fingerprint density at radius 1 is 1.34 bits per heavy atom. The van der Waals surface area contributed by atoms with Gasteiger partial charge in [0.1, 0.15) is 5.76 Å². The molecule has 5 nitrogen and oxygen atoms in total. The molecule has 2 aliphatic rings. The van der Waals surface area contributed by atoms with Crippen LogP contribution in [-0.4, -0.2) is 42.0 Å². The number of benzene rings is 1. The number of hydrogen-bond donors (Lipinski definition) is 2. The molecule has 2 aromatic heterocycles. The first-order chi connectivity index (χ1) is 15.3. The fraction of sp³-hybridized carbons (Fsp3) is 0.444. The average Bonchev–Trinajstić information content (AvgIpc) is 3.41. The van der Waals surface area contributed by atoms with Gasteiger partial charge in [-0.25, -0.2) is 0 Å². The van der Waals surface area contributed by atoms with Crippen molar-refractivity contribution < 1.29 is 9.21 Å². The number of likely N-dealkylation sites (N-methyl/N-ethyl adjacent to an activating group) is 1. The standard InChI is InChI=1S/C27H33N3O2/c1-27(2,3)19-12-22-21-10-17(14-29-25(31)8-7-20-6-5-9-32-20)16-30(4)24(21)11-18-15-28-23(13-19)26(18)22/h5-9,12-13,15,17,21,24,28H,10-11,14,16H2,1-4H3,(H,29,31)/t17-,21+,24+/m0/s1. The Balaban J connectivity index is 1.36. The summed E-state index contributed by atoms with van der Waals surface area (Å²) in [5.41, 5.74) is 5.69. The molecule has 3 aromatic rings. The molecular formula is C27H33N3O2. The number of nitrogens with zero attached hydrogens (tertiary/aromatic N) is 1. The summed E-state index contributed by atoms with van der Waals surface area (Å²) in [4.78, 5) is 18.4. The molecule has 1 saturated heterocycles. The molecule has 0 saturated carbocycles. The van der Waals surface area contributed by atoms with E-state index >= 15 is 0 Å². The lowest BCUT2D eigenvalue weighted by Crippen LogP contribution is -2.50. The third-order valence-corrected chi connectivity index (χ3v) is 7.26. The van der Waals surface area contributed by atoms with Crippen molar-refractivity contribution in [2.75, 3.05) is 20.1 Å². The van der Waals surface area contributed by atoms with Crippen LogP contribution in [0.5, 0.6) is 0 Å². The number of furan rings is 1. The lowest BCUT2D eigenvalue weighted by Gasteiger charge is -2.46. The zero-order valence-electron chi connectivity index (χ0n) is 19.4. The molecule has 168 valence electrons. The smallest absolute Gasteiger partial charge is 0.244 e. The minimum absolute atomic E-state index is 0.0696. The summed E-state index contributed by atoms with van der Waals surface area (Å²) in [5.74, 6) is 1.53. The molecule has 3 heterocycles. The second kappa shape index (κ2) is 7.96. The van der Waals surface area contributed by atoms with Crippen molar-refractivity contribution in [2.24, 2.45) is 5.92 Å². The number of aromatic amines is 1. The minimum Gasteiger partial charge on any atom is -0.465 e. The van der Waals surface area contributed by atoms with Crippen LogP contribution in [-0.2, 0) is 16.6 Å². The second-order valence-electron chi connectivity index (χ2n) is 10.6. The molecule has 1 aliphatic heterocycles. The van der Waals surface area contributed by atoms with E-state index in [1.54, 1.807) is 18.4 Å². The third kappa shape index (κ3) is 3.90. The molecule has 0 bridgehead atoms. The normalized spacial score (nSPS) is 23.6. The van der Waals surface area contributed by atoms with E-state index in [-0.39, 0.29) is 11.3 Å². The number of rotatable bonds is 4. The maximum Gasteiger partial charge on any atom is 0.244 e. The highest BCUT2D eigenvalue weighted by Gasteiger charge is 2.40. The van der Waals surface area contributed by atoms with E-state index in [1.165, 1.54) is 27.6 Å². The van der Waals surface area contributed by atoms with Crippen LogP contribution in [0.4, 0.5) is 0 Å². The number of fused-ring (bicyclic) bond motifs is 2. The van der Waals surface area contributed by atoms with Gasteiger partial charge in [0, 0.05) is 48.2 Å². The van der Waals surface area contributed by atoms with Gasteiger partial charge in [-0.15, -0.1) is 0 Å². The maximum atomic E-state index is 12.3. The first kappa shape index (κ1) is 21.1. The number of likely N-dealkylation sites (tertiary alicyclic amines) is 1. The molecule has 1 aliphatic carbocycles. The quantitative estimate of drug-likeness (QED) is 0.581. The molecule has 1 amide bonds. The van der Waals surface area contributed by atoms with Gasteiger partial charge in [0.2, 0.25) is 5.91 Å². The Bertz CT molecular complexity index is 1150. The molecule has 0 unspecified atom stereocenters. The maximum absolute atomic E-state index is 12.3. The van der Waals surface area contributed by atoms with Crippen LogP contribution in [0.15, 0.2) is 47.2 Å². The molecule has 1 aromatic carbocycles. The Morgan fingerprint density at radius 2 is 2.19 bits per heavy atom. The minimum atomic E-state index is -0.0696. The van der Waals surface area contributed by atoms with Crippen LogP contribution in [0, 0.1) is 5.92 Å². The number of H-pyrrole nitrogens is 1. The molecule has 5 rings (SSSR count). The van der Waals surface area contributed by atoms with Crippen LogP contribution < -0.4 is 5.32 Å². The number of aromatic nitrogens is 1. The summed E-state index contributed by atoms with van der Waals surface area (Å²) in [6.07, 6.45) is 9.28. The third-order valence-electron chi connectivity index (χ3n) is 7.26. The fourth-order valence-corrected chi connectivity index (χ4v) is 5.55. The first-order valence-electron chi connectivity index (χ1n) is 11.6. The van der Waals surface area contributed by atoms with Crippen LogP contribution in [0.25, 0.3) is 17.0 Å². The molecule has 0 spiro atoms. The molecule has 2 N–H and O–H groups in total. The Labute approximate surface area is 189 Å². The predicted octanol–water partition coefficient (Wildman–Crippen LogP) is 4.85. The predicted molar refractivity (Wildman–Crippen MR) is 129 cm³/mol. The second-order valence-corrected chi connectivity index (χ2v) is 10.6. The lowest BCUT2D eigenvalue weighted by atomic mass is 9.71. The van der Waals surface area contributed by atoms with E-state index in [9.17, 15) is 4.79 Å². The molecule has 32 heavy (non-hydrogen) atoms. The Morgan fingerprint density at radius 3 is 2.94 bits per heavy atom. The van der Waals surface area contributed by atoms with E-state index in [4.69, 9.17) is 4.42 Å². The van der Waals surface area contributed by atoms with Gasteiger partial charge < -0.3 is 19.6 Å². The van der Waals surface area contributed by atoms with Crippen molar-refractivity contribution in [2.45, 2.75) is 51.0 Å². The van der Waals surface area contributed by atoms with Crippen molar-refractivity contribution in [1.29, 1.82) is 0 Å². The van der Waals surface area contributed by atoms with Gasteiger partial charge in [-0.1, -0.05) is 26.8 Å². The van der Waals surface area contributed by atoms with E-state index in [2.05, 4.69) is 61.3 Å². The molecule has 0 radical (unpaired) electrons. The molecule has 5 heteroatoms. The SMILES string of the molecule is CN1C[C@H](CNC(=O)C=Cc2ccco2)C[C@@H]2c3cc(C(C)(C)C)cc4[nH]cc(c34)C[C@H]21. The lowest BCUT2D eigenvalue weighted by molar-refractivity contribution is -0.116. The number of carbonyl (C=O) groups excluding carboxylic acids is 1. The van der Waals surface area contributed by atoms with Gasteiger partial charge in [0.25, 0.3) is 0 Å². The summed E-state index contributed by atoms with van der Waals surface area (Å²) in [7, 11) is 2.24. The number of carbonyl (C=O) groups is 1. The van der Waals surface area contributed by atoms with Crippen molar-refractivity contribution >= 4 is 22.9 Å². The molecule has 3 atom stereocenters. The van der Waals surface area contributed by atoms with Crippen LogP contribution in [0.3, 0.4) is 0 Å². The Kier molecular flexibility index (Phi) is 5.25.